The number of nitrogens with zero attached hydrogens (tertiary/aromatic N) is 1. The summed E-state index contributed by atoms with van der Waals surface area (Å²) in [4.78, 5) is 12.0. The van der Waals surface area contributed by atoms with Crippen molar-refractivity contribution in [3.8, 4) is 0 Å². The Hall–Kier alpha value is -2.45. The normalized spacial score (nSPS) is 11.5. The highest BCUT2D eigenvalue weighted by Gasteiger charge is 2.26. The number of carbonyl (C=O) groups is 1. The van der Waals surface area contributed by atoms with Crippen LogP contribution in [0.3, 0.4) is 0 Å². The van der Waals surface area contributed by atoms with Gasteiger partial charge in [-0.25, -0.2) is 12.8 Å². The van der Waals surface area contributed by atoms with Crippen molar-refractivity contribution in [3.05, 3.63) is 93.7 Å². The highest BCUT2D eigenvalue weighted by Crippen LogP contribution is 2.25. The summed E-state index contributed by atoms with van der Waals surface area (Å²) in [6.45, 7) is 0.0556. The molecule has 0 spiro atoms. The van der Waals surface area contributed by atoms with Gasteiger partial charge >= 0.3 is 0 Å². The predicted molar refractivity (Wildman–Crippen MR) is 116 cm³/mol. The van der Waals surface area contributed by atoms with Gasteiger partial charge < -0.3 is 5.32 Å². The molecule has 3 aromatic carbocycles. The van der Waals surface area contributed by atoms with Gasteiger partial charge in [0.25, 0.3) is 5.91 Å². The van der Waals surface area contributed by atoms with Crippen LogP contribution >= 0.6 is 23.2 Å². The summed E-state index contributed by atoms with van der Waals surface area (Å²) in [5.41, 5.74) is 1.04. The molecule has 5 nitrogen and oxygen atoms in total. The van der Waals surface area contributed by atoms with Gasteiger partial charge in [-0.15, -0.1) is 0 Å². The standard InChI is InChI=1S/C21H17Cl2FN2O3S/c1-26(13-14-5-3-2-4-6-14)30(28,29)20-9-15(7-8-19(20)24)21(27)25-18-11-16(22)10-17(23)12-18/h2-12H,13H2,1H3,(H,25,27). The Kier molecular flexibility index (Phi) is 6.77. The molecule has 0 heterocycles. The van der Waals surface area contributed by atoms with Gasteiger partial charge in [0, 0.05) is 34.9 Å². The second-order valence-electron chi connectivity index (χ2n) is 6.50. The van der Waals surface area contributed by atoms with E-state index in [-0.39, 0.29) is 12.1 Å². The molecule has 0 bridgehead atoms. The maximum absolute atomic E-state index is 14.4. The van der Waals surface area contributed by atoms with Crippen molar-refractivity contribution in [1.29, 1.82) is 0 Å². The molecule has 30 heavy (non-hydrogen) atoms. The van der Waals surface area contributed by atoms with Gasteiger partial charge in [-0.3, -0.25) is 4.79 Å². The Morgan fingerprint density at radius 1 is 1.00 bits per heavy atom. The van der Waals surface area contributed by atoms with Gasteiger partial charge in [-0.2, -0.15) is 4.31 Å². The summed E-state index contributed by atoms with van der Waals surface area (Å²) in [6, 6.07) is 16.5. The second-order valence-corrected chi connectivity index (χ2v) is 9.39. The van der Waals surface area contributed by atoms with Crippen molar-refractivity contribution in [2.24, 2.45) is 0 Å². The quantitative estimate of drug-likeness (QED) is 0.542. The number of carbonyl (C=O) groups excluding carboxylic acids is 1. The third kappa shape index (κ3) is 5.17. The first kappa shape index (κ1) is 22.2. The molecule has 9 heteroatoms. The van der Waals surface area contributed by atoms with Crippen LogP contribution in [0.25, 0.3) is 0 Å². The van der Waals surface area contributed by atoms with Crippen LogP contribution in [0.2, 0.25) is 10.0 Å². The molecule has 0 radical (unpaired) electrons. The van der Waals surface area contributed by atoms with Crippen molar-refractivity contribution in [2.45, 2.75) is 11.4 Å². The Morgan fingerprint density at radius 2 is 1.63 bits per heavy atom. The molecular formula is C21H17Cl2FN2O3S. The Morgan fingerprint density at radius 3 is 2.27 bits per heavy atom. The number of nitrogens with one attached hydrogen (secondary N) is 1. The van der Waals surface area contributed by atoms with E-state index in [1.54, 1.807) is 24.3 Å². The third-order valence-electron chi connectivity index (χ3n) is 4.25. The van der Waals surface area contributed by atoms with Crippen molar-refractivity contribution in [2.75, 3.05) is 12.4 Å². The lowest BCUT2D eigenvalue weighted by Gasteiger charge is -2.18. The van der Waals surface area contributed by atoms with Crippen LogP contribution in [0.15, 0.2) is 71.6 Å². The maximum Gasteiger partial charge on any atom is 0.255 e. The number of halogens is 3. The lowest BCUT2D eigenvalue weighted by molar-refractivity contribution is 0.102. The van der Waals surface area contributed by atoms with E-state index < -0.39 is 26.6 Å². The van der Waals surface area contributed by atoms with E-state index in [0.29, 0.717) is 15.7 Å². The van der Waals surface area contributed by atoms with Gasteiger partial charge in [0.15, 0.2) is 0 Å². The first-order chi connectivity index (χ1) is 14.2. The van der Waals surface area contributed by atoms with Crippen LogP contribution in [0.4, 0.5) is 10.1 Å². The highest BCUT2D eigenvalue weighted by molar-refractivity contribution is 7.89. The predicted octanol–water partition coefficient (Wildman–Crippen LogP) is 5.21. The topological polar surface area (TPSA) is 66.5 Å². The lowest BCUT2D eigenvalue weighted by Crippen LogP contribution is -2.27. The first-order valence-corrected chi connectivity index (χ1v) is 10.9. The summed E-state index contributed by atoms with van der Waals surface area (Å²) >= 11 is 11.8. The van der Waals surface area contributed by atoms with Crippen molar-refractivity contribution in [3.63, 3.8) is 0 Å². The SMILES string of the molecule is CN(Cc1ccccc1)S(=O)(=O)c1cc(C(=O)Nc2cc(Cl)cc(Cl)c2)ccc1F. The van der Waals surface area contributed by atoms with E-state index in [1.807, 2.05) is 6.07 Å². The molecule has 0 saturated heterocycles. The van der Waals surface area contributed by atoms with Gasteiger partial charge in [-0.05, 0) is 42.0 Å². The molecule has 0 aliphatic rings. The zero-order valence-corrected chi connectivity index (χ0v) is 18.1. The minimum absolute atomic E-state index is 0.0285. The van der Waals surface area contributed by atoms with Crippen LogP contribution in [-0.2, 0) is 16.6 Å². The average molecular weight is 467 g/mol. The fourth-order valence-electron chi connectivity index (χ4n) is 2.76. The molecule has 0 atom stereocenters. The van der Waals surface area contributed by atoms with Crippen molar-refractivity contribution in [1.82, 2.24) is 4.31 Å². The smallest absolute Gasteiger partial charge is 0.255 e. The summed E-state index contributed by atoms with van der Waals surface area (Å²) in [5.74, 6) is -1.58. The Bertz CT molecular complexity index is 1170. The third-order valence-corrected chi connectivity index (χ3v) is 6.50. The van der Waals surface area contributed by atoms with E-state index in [4.69, 9.17) is 23.2 Å². The van der Waals surface area contributed by atoms with Crippen LogP contribution in [0, 0.1) is 5.82 Å². The lowest BCUT2D eigenvalue weighted by atomic mass is 10.2. The molecule has 156 valence electrons. The summed E-state index contributed by atoms with van der Waals surface area (Å²) in [5, 5.41) is 3.21. The number of sulfonamides is 1. The van der Waals surface area contributed by atoms with E-state index in [0.717, 1.165) is 22.0 Å². The Labute approximate surface area is 184 Å². The van der Waals surface area contributed by atoms with Crippen LogP contribution in [0.5, 0.6) is 0 Å². The average Bonchev–Trinajstić information content (AvgIpc) is 2.68. The molecule has 0 aromatic heterocycles. The van der Waals surface area contributed by atoms with Crippen LogP contribution in [-0.4, -0.2) is 25.7 Å². The van der Waals surface area contributed by atoms with Gasteiger partial charge in [-0.1, -0.05) is 53.5 Å². The van der Waals surface area contributed by atoms with E-state index in [2.05, 4.69) is 5.32 Å². The molecule has 1 amide bonds. The monoisotopic (exact) mass is 466 g/mol. The van der Waals surface area contributed by atoms with E-state index in [1.165, 1.54) is 31.3 Å². The summed E-state index contributed by atoms with van der Waals surface area (Å²) in [6.07, 6.45) is 0. The number of rotatable bonds is 6. The fraction of sp³-hybridized carbons (Fsp3) is 0.0952. The minimum Gasteiger partial charge on any atom is -0.322 e. The number of hydrogen-bond acceptors (Lipinski definition) is 3. The molecule has 1 N–H and O–H groups in total. The Balaban J connectivity index is 1.87. The first-order valence-electron chi connectivity index (χ1n) is 8.74. The number of amides is 1. The fourth-order valence-corrected chi connectivity index (χ4v) is 4.54. The number of benzene rings is 3. The van der Waals surface area contributed by atoms with Crippen LogP contribution < -0.4 is 5.32 Å². The zero-order chi connectivity index (χ0) is 21.9. The summed E-state index contributed by atoms with van der Waals surface area (Å²) in [7, 11) is -2.82. The zero-order valence-electron chi connectivity index (χ0n) is 15.8. The molecular weight excluding hydrogens is 450 g/mol. The van der Waals surface area contributed by atoms with Gasteiger partial charge in [0.1, 0.15) is 10.7 Å². The van der Waals surface area contributed by atoms with E-state index in [9.17, 15) is 17.6 Å². The van der Waals surface area contributed by atoms with Gasteiger partial charge in [0.05, 0.1) is 0 Å². The summed E-state index contributed by atoms with van der Waals surface area (Å²) < 4.78 is 41.2. The molecule has 3 aromatic rings. The molecule has 0 aliphatic carbocycles. The largest absolute Gasteiger partial charge is 0.322 e. The molecule has 0 unspecified atom stereocenters. The number of hydrogen-bond donors (Lipinski definition) is 1. The molecule has 3 rings (SSSR count). The second kappa shape index (κ2) is 9.14. The molecule has 0 aliphatic heterocycles. The van der Waals surface area contributed by atoms with Crippen LogP contribution in [0.1, 0.15) is 15.9 Å². The highest BCUT2D eigenvalue weighted by atomic mass is 35.5. The van der Waals surface area contributed by atoms with Crippen molar-refractivity contribution < 1.29 is 17.6 Å². The maximum atomic E-state index is 14.4. The van der Waals surface area contributed by atoms with Gasteiger partial charge in [0.2, 0.25) is 10.0 Å². The minimum atomic E-state index is -4.17. The molecule has 0 fully saturated rings. The number of anilines is 1. The van der Waals surface area contributed by atoms with E-state index >= 15 is 0 Å². The molecule has 0 saturated carbocycles. The van der Waals surface area contributed by atoms with Crippen molar-refractivity contribution >= 4 is 44.8 Å².